The molecule has 1 aliphatic carbocycles. The largest absolute Gasteiger partial charge is 0.505 e. The van der Waals surface area contributed by atoms with Crippen LogP contribution in [0.2, 0.25) is 0 Å². The van der Waals surface area contributed by atoms with E-state index in [4.69, 9.17) is 5.11 Å². The highest BCUT2D eigenvalue weighted by atomic mass is 16.3. The van der Waals surface area contributed by atoms with Gasteiger partial charge in [0.15, 0.2) is 11.5 Å². The molecular formula is C9H14O2. The van der Waals surface area contributed by atoms with Crippen molar-refractivity contribution >= 4 is 5.78 Å². The average molecular weight is 154 g/mol. The number of carbonyl (C=O) groups is 1. The topological polar surface area (TPSA) is 37.3 Å². The molecule has 0 amide bonds. The van der Waals surface area contributed by atoms with Crippen molar-refractivity contribution in [3.05, 3.63) is 12.3 Å². The fourth-order valence-corrected chi connectivity index (χ4v) is 1.60. The smallest absolute Gasteiger partial charge is 0.199 e. The minimum absolute atomic E-state index is 0.0567. The summed E-state index contributed by atoms with van der Waals surface area (Å²) >= 11 is 0. The Hall–Kier alpha value is -0.790. The number of aliphatic hydroxyl groups is 1. The Labute approximate surface area is 66.9 Å². The van der Waals surface area contributed by atoms with E-state index in [9.17, 15) is 4.79 Å². The molecule has 2 nitrogen and oxygen atoms in total. The number of ketones is 1. The van der Waals surface area contributed by atoms with Gasteiger partial charge in [0.1, 0.15) is 0 Å². The van der Waals surface area contributed by atoms with Crippen LogP contribution in [0, 0.1) is 5.92 Å². The highest BCUT2D eigenvalue weighted by Crippen LogP contribution is 2.25. The molecule has 0 saturated heterocycles. The third kappa shape index (κ3) is 2.07. The Morgan fingerprint density at radius 3 is 2.27 bits per heavy atom. The molecule has 0 bridgehead atoms. The highest BCUT2D eigenvalue weighted by molar-refractivity contribution is 5.94. The van der Waals surface area contributed by atoms with Crippen LogP contribution in [0.25, 0.3) is 0 Å². The molecule has 0 unspecified atom stereocenters. The van der Waals surface area contributed by atoms with E-state index < -0.39 is 0 Å². The molecule has 62 valence electrons. The Morgan fingerprint density at radius 2 is 1.82 bits per heavy atom. The normalized spacial score (nSPS) is 19.6. The first-order chi connectivity index (χ1) is 5.22. The molecule has 1 rings (SSSR count). The van der Waals surface area contributed by atoms with E-state index >= 15 is 0 Å². The second-order valence-electron chi connectivity index (χ2n) is 3.15. The summed E-state index contributed by atoms with van der Waals surface area (Å²) in [6.07, 6.45) is 5.31. The first-order valence-electron chi connectivity index (χ1n) is 4.14. The molecule has 1 saturated carbocycles. The highest BCUT2D eigenvalue weighted by Gasteiger charge is 2.22. The Kier molecular flexibility index (Phi) is 2.69. The second kappa shape index (κ2) is 3.56. The van der Waals surface area contributed by atoms with E-state index in [0.29, 0.717) is 0 Å². The van der Waals surface area contributed by atoms with Gasteiger partial charge in [-0.05, 0) is 12.8 Å². The van der Waals surface area contributed by atoms with Gasteiger partial charge in [0.05, 0.1) is 0 Å². The van der Waals surface area contributed by atoms with E-state index in [-0.39, 0.29) is 17.5 Å². The van der Waals surface area contributed by atoms with Gasteiger partial charge in [-0.25, -0.2) is 0 Å². The van der Waals surface area contributed by atoms with Crippen LogP contribution in [0.3, 0.4) is 0 Å². The van der Waals surface area contributed by atoms with Crippen molar-refractivity contribution in [1.82, 2.24) is 0 Å². The van der Waals surface area contributed by atoms with Crippen molar-refractivity contribution < 1.29 is 9.90 Å². The van der Waals surface area contributed by atoms with Crippen molar-refractivity contribution in [3.63, 3.8) is 0 Å². The molecule has 11 heavy (non-hydrogen) atoms. The summed E-state index contributed by atoms with van der Waals surface area (Å²) in [6.45, 7) is 3.24. The standard InChI is InChI=1S/C9H14O2/c1-7(10)9(11)8-5-3-2-4-6-8/h8,10H,1-6H2. The van der Waals surface area contributed by atoms with E-state index in [2.05, 4.69) is 6.58 Å². The zero-order valence-corrected chi connectivity index (χ0v) is 6.68. The van der Waals surface area contributed by atoms with Gasteiger partial charge < -0.3 is 5.11 Å². The molecule has 0 spiro atoms. The van der Waals surface area contributed by atoms with Crippen LogP contribution < -0.4 is 0 Å². The van der Waals surface area contributed by atoms with Crippen molar-refractivity contribution in [3.8, 4) is 0 Å². The first-order valence-corrected chi connectivity index (χ1v) is 4.14. The molecule has 0 aromatic heterocycles. The minimum atomic E-state index is -0.267. The fraction of sp³-hybridized carbons (Fsp3) is 0.667. The van der Waals surface area contributed by atoms with Gasteiger partial charge in [-0.3, -0.25) is 4.79 Å². The monoisotopic (exact) mass is 154 g/mol. The Balaban J connectivity index is 2.45. The molecule has 0 heterocycles. The van der Waals surface area contributed by atoms with Crippen LogP contribution in [0.4, 0.5) is 0 Å². The van der Waals surface area contributed by atoms with Crippen LogP contribution >= 0.6 is 0 Å². The maximum Gasteiger partial charge on any atom is 0.199 e. The van der Waals surface area contributed by atoms with Crippen LogP contribution in [-0.2, 0) is 4.79 Å². The quantitative estimate of drug-likeness (QED) is 0.489. The third-order valence-electron chi connectivity index (χ3n) is 2.26. The molecule has 1 aliphatic rings. The number of rotatable bonds is 2. The molecule has 0 aromatic carbocycles. The summed E-state index contributed by atoms with van der Waals surface area (Å²) in [7, 11) is 0. The molecule has 0 aliphatic heterocycles. The Bertz CT molecular complexity index is 166. The third-order valence-corrected chi connectivity index (χ3v) is 2.26. The van der Waals surface area contributed by atoms with Crippen molar-refractivity contribution in [2.45, 2.75) is 32.1 Å². The van der Waals surface area contributed by atoms with Gasteiger partial charge in [0.2, 0.25) is 0 Å². The lowest BCUT2D eigenvalue weighted by Crippen LogP contribution is -2.18. The SMILES string of the molecule is C=C(O)C(=O)C1CCCCC1. The number of allylic oxidation sites excluding steroid dienone is 1. The number of carbonyl (C=O) groups excluding carboxylic acids is 1. The summed E-state index contributed by atoms with van der Waals surface area (Å²) in [5.41, 5.74) is 0. The lowest BCUT2D eigenvalue weighted by Gasteiger charge is -2.19. The molecule has 2 heteroatoms. The lowest BCUT2D eigenvalue weighted by molar-refractivity contribution is -0.122. The van der Waals surface area contributed by atoms with Crippen LogP contribution in [-0.4, -0.2) is 10.9 Å². The van der Waals surface area contributed by atoms with Crippen LogP contribution in [0.15, 0.2) is 12.3 Å². The predicted octanol–water partition coefficient (Wildman–Crippen LogP) is 2.21. The summed E-state index contributed by atoms with van der Waals surface area (Å²) in [4.78, 5) is 11.1. The molecule has 0 radical (unpaired) electrons. The molecule has 0 atom stereocenters. The van der Waals surface area contributed by atoms with Gasteiger partial charge in [-0.1, -0.05) is 25.8 Å². The molecule has 1 fully saturated rings. The Morgan fingerprint density at radius 1 is 1.27 bits per heavy atom. The second-order valence-corrected chi connectivity index (χ2v) is 3.15. The number of Topliss-reactive ketones (excluding diaryl/α,β-unsaturated/α-hetero) is 1. The van der Waals surface area contributed by atoms with Gasteiger partial charge in [0, 0.05) is 5.92 Å². The summed E-state index contributed by atoms with van der Waals surface area (Å²) in [5, 5.41) is 8.83. The van der Waals surface area contributed by atoms with Gasteiger partial charge in [-0.2, -0.15) is 0 Å². The van der Waals surface area contributed by atoms with Gasteiger partial charge in [0.25, 0.3) is 0 Å². The number of hydrogen-bond acceptors (Lipinski definition) is 2. The van der Waals surface area contributed by atoms with Gasteiger partial charge >= 0.3 is 0 Å². The molecular weight excluding hydrogens is 140 g/mol. The summed E-state index contributed by atoms with van der Waals surface area (Å²) in [5.74, 6) is -0.358. The van der Waals surface area contributed by atoms with Crippen molar-refractivity contribution in [2.24, 2.45) is 5.92 Å². The van der Waals surface area contributed by atoms with E-state index in [1.807, 2.05) is 0 Å². The van der Waals surface area contributed by atoms with E-state index in [0.717, 1.165) is 25.7 Å². The zero-order valence-electron chi connectivity index (χ0n) is 6.68. The van der Waals surface area contributed by atoms with Gasteiger partial charge in [-0.15, -0.1) is 0 Å². The van der Waals surface area contributed by atoms with Crippen molar-refractivity contribution in [2.75, 3.05) is 0 Å². The predicted molar refractivity (Wildman–Crippen MR) is 43.4 cm³/mol. The number of hydrogen-bond donors (Lipinski definition) is 1. The maximum atomic E-state index is 11.1. The summed E-state index contributed by atoms with van der Waals surface area (Å²) in [6, 6.07) is 0. The fourth-order valence-electron chi connectivity index (χ4n) is 1.60. The zero-order chi connectivity index (χ0) is 8.27. The molecule has 0 aromatic rings. The number of aliphatic hydroxyl groups excluding tert-OH is 1. The maximum absolute atomic E-state index is 11.1. The lowest BCUT2D eigenvalue weighted by atomic mass is 9.86. The van der Waals surface area contributed by atoms with E-state index in [1.54, 1.807) is 0 Å². The minimum Gasteiger partial charge on any atom is -0.505 e. The van der Waals surface area contributed by atoms with Crippen LogP contribution in [0.1, 0.15) is 32.1 Å². The summed E-state index contributed by atoms with van der Waals surface area (Å²) < 4.78 is 0. The van der Waals surface area contributed by atoms with Crippen LogP contribution in [0.5, 0.6) is 0 Å². The average Bonchev–Trinajstić information content (AvgIpc) is 2.05. The van der Waals surface area contributed by atoms with E-state index in [1.165, 1.54) is 6.42 Å². The molecule has 1 N–H and O–H groups in total. The first kappa shape index (κ1) is 8.31. The van der Waals surface area contributed by atoms with Crippen molar-refractivity contribution in [1.29, 1.82) is 0 Å².